The van der Waals surface area contributed by atoms with E-state index in [-0.39, 0.29) is 12.3 Å². The van der Waals surface area contributed by atoms with E-state index in [2.05, 4.69) is 10.6 Å². The maximum Gasteiger partial charge on any atom is 0.442 e. The number of anilines is 1. The number of hydrogen-bond acceptors (Lipinski definition) is 5. The monoisotopic (exact) mass is 422 g/mol. The predicted molar refractivity (Wildman–Crippen MR) is 115 cm³/mol. The fourth-order valence-corrected chi connectivity index (χ4v) is 3.93. The van der Waals surface area contributed by atoms with Gasteiger partial charge in [0, 0.05) is 30.0 Å². The smallest absolute Gasteiger partial charge is 0.442 e. The molecule has 0 atom stereocenters. The van der Waals surface area contributed by atoms with Gasteiger partial charge in [0.2, 0.25) is 11.6 Å². The minimum atomic E-state index is -0.481. The number of fused-ring (bicyclic) bond motifs is 1. The van der Waals surface area contributed by atoms with E-state index in [0.29, 0.717) is 16.5 Å². The standard InChI is InChI=1S/C22H19N3O4S/c1-28-19-10-8-18(9-11-19)25-21(22(27)29-24-25)30-13-12-20(26)23-17-7-6-15-4-2-3-5-16(15)14-17/h2-11,14H,12-13H2,1H3,(H-,23,24,26,27)/p+1. The number of rotatable bonds is 7. The van der Waals surface area contributed by atoms with Crippen molar-refractivity contribution >= 4 is 34.1 Å². The molecule has 2 N–H and O–H groups in total. The van der Waals surface area contributed by atoms with Crippen molar-refractivity contribution in [2.75, 3.05) is 18.2 Å². The third-order valence-electron chi connectivity index (χ3n) is 4.54. The lowest BCUT2D eigenvalue weighted by Gasteiger charge is -2.06. The van der Waals surface area contributed by atoms with Crippen molar-refractivity contribution in [3.8, 4) is 11.4 Å². The summed E-state index contributed by atoms with van der Waals surface area (Å²) in [5.41, 5.74) is 0.994. The molecule has 1 aromatic heterocycles. The molecular formula is C22H20N3O4S+. The molecule has 1 heterocycles. The summed E-state index contributed by atoms with van der Waals surface area (Å²) in [4.78, 5) is 24.4. The first kappa shape index (κ1) is 19.8. The highest BCUT2D eigenvalue weighted by Crippen LogP contribution is 2.20. The van der Waals surface area contributed by atoms with Crippen LogP contribution in [0.5, 0.6) is 5.75 Å². The molecule has 0 bridgehead atoms. The second-order valence-corrected chi connectivity index (χ2v) is 7.61. The topological polar surface area (TPSA) is 88.2 Å². The van der Waals surface area contributed by atoms with Crippen LogP contribution in [0.2, 0.25) is 0 Å². The second-order valence-electron chi connectivity index (χ2n) is 6.53. The fourth-order valence-electron chi connectivity index (χ4n) is 3.02. The van der Waals surface area contributed by atoms with E-state index < -0.39 is 5.63 Å². The van der Waals surface area contributed by atoms with Crippen LogP contribution in [0.4, 0.5) is 5.69 Å². The van der Waals surface area contributed by atoms with Crippen LogP contribution in [-0.4, -0.2) is 24.0 Å². The second kappa shape index (κ2) is 8.87. The van der Waals surface area contributed by atoms with Gasteiger partial charge < -0.3 is 10.1 Å². The molecule has 4 aromatic rings. The third-order valence-corrected chi connectivity index (χ3v) is 5.57. The van der Waals surface area contributed by atoms with Crippen molar-refractivity contribution < 1.29 is 18.7 Å². The van der Waals surface area contributed by atoms with E-state index >= 15 is 0 Å². The number of amides is 1. The van der Waals surface area contributed by atoms with Gasteiger partial charge in [-0.15, -0.1) is 0 Å². The summed E-state index contributed by atoms with van der Waals surface area (Å²) >= 11 is 1.26. The number of benzene rings is 3. The van der Waals surface area contributed by atoms with Gasteiger partial charge in [0.05, 0.1) is 7.11 Å². The van der Waals surface area contributed by atoms with Crippen LogP contribution in [0.25, 0.3) is 16.5 Å². The number of hydrogen-bond donors (Lipinski definition) is 2. The Morgan fingerprint density at radius 2 is 1.87 bits per heavy atom. The van der Waals surface area contributed by atoms with E-state index in [4.69, 9.17) is 9.26 Å². The number of nitrogens with one attached hydrogen (secondary N) is 2. The lowest BCUT2D eigenvalue weighted by atomic mass is 10.1. The molecule has 152 valence electrons. The Labute approximate surface area is 176 Å². The highest BCUT2D eigenvalue weighted by Gasteiger charge is 2.24. The molecule has 7 nitrogen and oxygen atoms in total. The van der Waals surface area contributed by atoms with Crippen LogP contribution in [0.3, 0.4) is 0 Å². The number of thioether (sulfide) groups is 1. The molecule has 3 aromatic carbocycles. The molecule has 0 radical (unpaired) electrons. The van der Waals surface area contributed by atoms with Crippen molar-refractivity contribution in [2.45, 2.75) is 11.4 Å². The van der Waals surface area contributed by atoms with Gasteiger partial charge >= 0.3 is 10.7 Å². The molecule has 4 rings (SSSR count). The molecule has 0 aliphatic rings. The zero-order valence-corrected chi connectivity index (χ0v) is 17.1. The SMILES string of the molecule is COc1ccc(-[n+]2[nH]oc(=O)c2SCCC(=O)Nc2ccc3ccccc3c2)cc1. The van der Waals surface area contributed by atoms with Gasteiger partial charge in [-0.1, -0.05) is 30.3 Å². The van der Waals surface area contributed by atoms with Gasteiger partial charge in [0.25, 0.3) is 0 Å². The highest BCUT2D eigenvalue weighted by atomic mass is 32.2. The van der Waals surface area contributed by atoms with E-state index in [1.54, 1.807) is 36.1 Å². The minimum Gasteiger partial charge on any atom is -0.497 e. The Bertz CT molecular complexity index is 1230. The number of nitrogens with zero attached hydrogens (tertiary/aromatic N) is 1. The van der Waals surface area contributed by atoms with Gasteiger partial charge in [-0.2, -0.15) is 0 Å². The van der Waals surface area contributed by atoms with E-state index in [9.17, 15) is 9.59 Å². The van der Waals surface area contributed by atoms with Crippen molar-refractivity contribution in [1.82, 2.24) is 5.27 Å². The van der Waals surface area contributed by atoms with Gasteiger partial charge in [0.15, 0.2) is 0 Å². The molecule has 8 heteroatoms. The first-order valence-electron chi connectivity index (χ1n) is 9.33. The highest BCUT2D eigenvalue weighted by molar-refractivity contribution is 7.99. The maximum atomic E-state index is 12.3. The lowest BCUT2D eigenvalue weighted by Crippen LogP contribution is -2.36. The molecular weight excluding hydrogens is 402 g/mol. The largest absolute Gasteiger partial charge is 0.497 e. The lowest BCUT2D eigenvalue weighted by molar-refractivity contribution is -0.704. The maximum absolute atomic E-state index is 12.3. The van der Waals surface area contributed by atoms with Crippen molar-refractivity contribution in [1.29, 1.82) is 0 Å². The molecule has 1 amide bonds. The van der Waals surface area contributed by atoms with Gasteiger partial charge in [0.1, 0.15) is 5.75 Å². The van der Waals surface area contributed by atoms with E-state index in [1.807, 2.05) is 42.5 Å². The molecule has 0 unspecified atom stereocenters. The number of carbonyl (C=O) groups excluding carboxylic acids is 1. The summed E-state index contributed by atoms with van der Waals surface area (Å²) in [6, 6.07) is 21.0. The van der Waals surface area contributed by atoms with Crippen molar-refractivity contribution in [3.63, 3.8) is 0 Å². The zero-order chi connectivity index (χ0) is 20.9. The van der Waals surface area contributed by atoms with Crippen LogP contribution in [0.15, 0.2) is 81.1 Å². The molecule has 0 saturated heterocycles. The molecule has 0 fully saturated rings. The summed E-state index contributed by atoms with van der Waals surface area (Å²) in [6.45, 7) is 0. The number of aromatic nitrogens is 2. The first-order valence-corrected chi connectivity index (χ1v) is 10.3. The average molecular weight is 422 g/mol. The summed E-state index contributed by atoms with van der Waals surface area (Å²) in [5, 5.41) is 8.05. The summed E-state index contributed by atoms with van der Waals surface area (Å²) < 4.78 is 11.6. The predicted octanol–water partition coefficient (Wildman–Crippen LogP) is 3.53. The summed E-state index contributed by atoms with van der Waals surface area (Å²) in [7, 11) is 1.59. The Hall–Kier alpha value is -3.52. The van der Waals surface area contributed by atoms with Gasteiger partial charge in [-0.25, -0.2) is 4.79 Å². The number of methoxy groups -OCH3 is 1. The quantitative estimate of drug-likeness (QED) is 0.351. The van der Waals surface area contributed by atoms with Crippen molar-refractivity contribution in [2.24, 2.45) is 0 Å². The molecule has 0 aliphatic heterocycles. The Morgan fingerprint density at radius 1 is 1.10 bits per heavy atom. The molecule has 0 saturated carbocycles. The fraction of sp³-hybridized carbons (Fsp3) is 0.136. The summed E-state index contributed by atoms with van der Waals surface area (Å²) in [6.07, 6.45) is 0.255. The van der Waals surface area contributed by atoms with Gasteiger partial charge in [-0.05, 0) is 56.8 Å². The Balaban J connectivity index is 1.38. The number of carbonyl (C=O) groups is 1. The Kier molecular flexibility index (Phi) is 5.85. The summed E-state index contributed by atoms with van der Waals surface area (Å²) in [5.74, 6) is 1.02. The van der Waals surface area contributed by atoms with Crippen LogP contribution in [0.1, 0.15) is 6.42 Å². The Morgan fingerprint density at radius 3 is 2.63 bits per heavy atom. The van der Waals surface area contributed by atoms with Gasteiger partial charge in [-0.3, -0.25) is 9.32 Å². The van der Waals surface area contributed by atoms with Crippen molar-refractivity contribution in [3.05, 3.63) is 77.2 Å². The average Bonchev–Trinajstić information content (AvgIpc) is 3.14. The van der Waals surface area contributed by atoms with E-state index in [0.717, 1.165) is 22.1 Å². The molecule has 0 aliphatic carbocycles. The van der Waals surface area contributed by atoms with Crippen LogP contribution in [0, 0.1) is 0 Å². The van der Waals surface area contributed by atoms with Crippen LogP contribution >= 0.6 is 11.8 Å². The minimum absolute atomic E-state index is 0.117. The number of H-pyrrole nitrogens is 1. The third kappa shape index (κ3) is 4.38. The van der Waals surface area contributed by atoms with E-state index in [1.165, 1.54) is 11.8 Å². The van der Waals surface area contributed by atoms with Crippen LogP contribution in [-0.2, 0) is 4.79 Å². The molecule has 30 heavy (non-hydrogen) atoms. The number of ether oxygens (including phenoxy) is 1. The zero-order valence-electron chi connectivity index (χ0n) is 16.3. The normalized spacial score (nSPS) is 10.8. The number of aromatic amines is 1. The molecule has 0 spiro atoms. The first-order chi connectivity index (χ1) is 14.6. The van der Waals surface area contributed by atoms with Crippen LogP contribution < -0.4 is 20.4 Å².